The largest absolute Gasteiger partial charge is 0.339 e. The molecule has 0 rings (SSSR count). The van der Waals surface area contributed by atoms with Crippen molar-refractivity contribution in [2.75, 3.05) is 31.9 Å². The summed E-state index contributed by atoms with van der Waals surface area (Å²) in [6.45, 7) is 11.0. The van der Waals surface area contributed by atoms with Crippen molar-refractivity contribution in [1.82, 2.24) is 9.80 Å². The predicted molar refractivity (Wildman–Crippen MR) is 98.7 cm³/mol. The van der Waals surface area contributed by atoms with Crippen molar-refractivity contribution in [3.8, 4) is 0 Å². The first-order valence-corrected chi connectivity index (χ1v) is 10.1. The second kappa shape index (κ2) is 12.7. The number of nitrogens with zero attached hydrogens (tertiary/aromatic N) is 2. The average Bonchev–Trinajstić information content (AvgIpc) is 2.57. The van der Waals surface area contributed by atoms with Crippen LogP contribution in [-0.4, -0.2) is 66.5 Å². The second-order valence-electron chi connectivity index (χ2n) is 5.76. The molecule has 0 aliphatic heterocycles. The Morgan fingerprint density at radius 3 is 1.64 bits per heavy atom. The first-order chi connectivity index (χ1) is 11.7. The van der Waals surface area contributed by atoms with Gasteiger partial charge in [-0.3, -0.25) is 14.1 Å². The highest BCUT2D eigenvalue weighted by Gasteiger charge is 2.13. The van der Waals surface area contributed by atoms with E-state index in [2.05, 4.69) is 20.1 Å². The maximum atomic E-state index is 11.8. The van der Waals surface area contributed by atoms with Gasteiger partial charge in [-0.2, -0.15) is 8.42 Å². The van der Waals surface area contributed by atoms with Crippen molar-refractivity contribution in [2.45, 2.75) is 39.0 Å². The zero-order valence-electron chi connectivity index (χ0n) is 15.0. The van der Waals surface area contributed by atoms with E-state index in [0.717, 1.165) is 19.3 Å². The molecule has 8 heteroatoms. The van der Waals surface area contributed by atoms with Crippen LogP contribution in [0.1, 0.15) is 39.0 Å². The van der Waals surface area contributed by atoms with E-state index >= 15 is 0 Å². The monoisotopic (exact) mass is 374 g/mol. The molecular formula is C17H30N2O5S. The van der Waals surface area contributed by atoms with Crippen molar-refractivity contribution < 1.29 is 22.6 Å². The molecule has 25 heavy (non-hydrogen) atoms. The van der Waals surface area contributed by atoms with Crippen LogP contribution in [0, 0.1) is 0 Å². The van der Waals surface area contributed by atoms with Crippen LogP contribution in [0.25, 0.3) is 0 Å². The minimum absolute atomic E-state index is 0.0966. The third-order valence-electron chi connectivity index (χ3n) is 3.69. The van der Waals surface area contributed by atoms with Gasteiger partial charge in [0.05, 0.1) is 5.75 Å². The van der Waals surface area contributed by atoms with Gasteiger partial charge in [0, 0.05) is 26.2 Å². The normalized spacial score (nSPS) is 11.0. The van der Waals surface area contributed by atoms with Crippen LogP contribution in [0.15, 0.2) is 25.3 Å². The van der Waals surface area contributed by atoms with Crippen molar-refractivity contribution in [1.29, 1.82) is 0 Å². The quantitative estimate of drug-likeness (QED) is 0.284. The third-order valence-corrected chi connectivity index (χ3v) is 4.50. The fourth-order valence-corrected chi connectivity index (χ4v) is 2.81. The van der Waals surface area contributed by atoms with Gasteiger partial charge in [0.2, 0.25) is 11.8 Å². The molecule has 0 aliphatic rings. The fourth-order valence-electron chi connectivity index (χ4n) is 2.31. The Labute approximate surface area is 151 Å². The molecule has 0 radical (unpaired) electrons. The number of hydrogen-bond donors (Lipinski definition) is 1. The molecular weight excluding hydrogens is 344 g/mol. The smallest absolute Gasteiger partial charge is 0.264 e. The Morgan fingerprint density at radius 1 is 0.880 bits per heavy atom. The third kappa shape index (κ3) is 11.5. The van der Waals surface area contributed by atoms with Gasteiger partial charge in [-0.1, -0.05) is 26.5 Å². The Morgan fingerprint density at radius 2 is 1.28 bits per heavy atom. The molecule has 0 atom stereocenters. The minimum Gasteiger partial charge on any atom is -0.339 e. The van der Waals surface area contributed by atoms with E-state index in [0.29, 0.717) is 26.1 Å². The highest BCUT2D eigenvalue weighted by molar-refractivity contribution is 7.85. The van der Waals surface area contributed by atoms with Crippen molar-refractivity contribution >= 4 is 21.9 Å². The number of amides is 2. The van der Waals surface area contributed by atoms with Crippen LogP contribution in [0.3, 0.4) is 0 Å². The molecule has 7 nitrogen and oxygen atoms in total. The lowest BCUT2D eigenvalue weighted by atomic mass is 10.2. The summed E-state index contributed by atoms with van der Waals surface area (Å²) in [5, 5.41) is 0. The van der Waals surface area contributed by atoms with Crippen LogP contribution < -0.4 is 0 Å². The Balaban J connectivity index is 4.38. The molecule has 2 amide bonds. The second-order valence-corrected chi connectivity index (χ2v) is 7.33. The Hall–Kier alpha value is -1.67. The van der Waals surface area contributed by atoms with Crippen LogP contribution in [0.5, 0.6) is 0 Å². The summed E-state index contributed by atoms with van der Waals surface area (Å²) >= 11 is 0. The van der Waals surface area contributed by atoms with Gasteiger partial charge in [-0.05, 0) is 37.8 Å². The zero-order chi connectivity index (χ0) is 19.3. The van der Waals surface area contributed by atoms with Crippen LogP contribution >= 0.6 is 0 Å². The lowest BCUT2D eigenvalue weighted by molar-refractivity contribution is -0.127. The summed E-state index contributed by atoms with van der Waals surface area (Å²) in [6.07, 6.45) is 5.98. The topological polar surface area (TPSA) is 95.0 Å². The molecule has 0 heterocycles. The minimum atomic E-state index is -4.03. The number of rotatable bonds is 14. The fraction of sp³-hybridized carbons (Fsp3) is 0.647. The lowest BCUT2D eigenvalue weighted by Gasteiger charge is -2.23. The Bertz CT molecular complexity index is 545. The summed E-state index contributed by atoms with van der Waals surface area (Å²) in [7, 11) is -4.03. The summed E-state index contributed by atoms with van der Waals surface area (Å²) in [5.74, 6) is -0.756. The van der Waals surface area contributed by atoms with Crippen molar-refractivity contribution in [2.24, 2.45) is 0 Å². The van der Waals surface area contributed by atoms with Crippen molar-refractivity contribution in [3.63, 3.8) is 0 Å². The van der Waals surface area contributed by atoms with Crippen LogP contribution in [-0.2, 0) is 19.7 Å². The average molecular weight is 375 g/mol. The number of unbranched alkanes of at least 4 members (excludes halogenated alkanes) is 2. The number of carbonyl (C=O) groups is 2. The molecule has 0 aromatic carbocycles. The van der Waals surface area contributed by atoms with Gasteiger partial charge in [-0.15, -0.1) is 0 Å². The molecule has 0 fully saturated rings. The molecule has 0 bridgehead atoms. The van der Waals surface area contributed by atoms with E-state index in [-0.39, 0.29) is 30.5 Å². The summed E-state index contributed by atoms with van der Waals surface area (Å²) in [6, 6.07) is 0. The van der Waals surface area contributed by atoms with E-state index in [9.17, 15) is 18.0 Å². The van der Waals surface area contributed by atoms with E-state index in [4.69, 9.17) is 4.55 Å². The molecule has 0 aliphatic carbocycles. The van der Waals surface area contributed by atoms with Crippen LogP contribution in [0.2, 0.25) is 0 Å². The van der Waals surface area contributed by atoms with Crippen molar-refractivity contribution in [3.05, 3.63) is 25.3 Å². The highest BCUT2D eigenvalue weighted by Crippen LogP contribution is 2.04. The Kier molecular flexibility index (Phi) is 11.8. The zero-order valence-corrected chi connectivity index (χ0v) is 15.8. The van der Waals surface area contributed by atoms with E-state index in [1.54, 1.807) is 4.90 Å². The molecule has 144 valence electrons. The van der Waals surface area contributed by atoms with Crippen LogP contribution in [0.4, 0.5) is 0 Å². The van der Waals surface area contributed by atoms with Gasteiger partial charge < -0.3 is 9.80 Å². The van der Waals surface area contributed by atoms with Gasteiger partial charge in [0.15, 0.2) is 0 Å². The van der Waals surface area contributed by atoms with E-state index in [1.165, 1.54) is 17.1 Å². The maximum Gasteiger partial charge on any atom is 0.264 e. The molecule has 0 aromatic heterocycles. The van der Waals surface area contributed by atoms with Gasteiger partial charge in [-0.25, -0.2) is 0 Å². The first-order valence-electron chi connectivity index (χ1n) is 8.53. The van der Waals surface area contributed by atoms with Gasteiger partial charge >= 0.3 is 0 Å². The predicted octanol–water partition coefficient (Wildman–Crippen LogP) is 1.87. The lowest BCUT2D eigenvalue weighted by Crippen LogP contribution is -2.34. The van der Waals surface area contributed by atoms with Gasteiger partial charge in [0.25, 0.3) is 10.1 Å². The van der Waals surface area contributed by atoms with Gasteiger partial charge in [0.1, 0.15) is 0 Å². The molecule has 0 saturated carbocycles. The SMILES string of the molecule is C=CC(=O)N(CCCC)CCCCN(CCCS(=O)(=O)O)C(=O)C=C. The molecule has 0 unspecified atom stereocenters. The standard InChI is InChI=1S/C17H30N2O5S/c1-4-7-11-18(16(20)5-2)12-8-9-13-19(17(21)6-3)14-10-15-25(22,23)24/h5-6H,2-4,7-15H2,1H3,(H,22,23,24). The maximum absolute atomic E-state index is 11.8. The summed E-state index contributed by atoms with van der Waals surface area (Å²) < 4.78 is 30.3. The number of hydrogen-bond acceptors (Lipinski definition) is 4. The van der Waals surface area contributed by atoms with E-state index < -0.39 is 10.1 Å². The molecule has 0 saturated heterocycles. The number of carbonyl (C=O) groups excluding carboxylic acids is 2. The highest BCUT2D eigenvalue weighted by atomic mass is 32.2. The molecule has 0 aromatic rings. The molecule has 1 N–H and O–H groups in total. The summed E-state index contributed by atoms with van der Waals surface area (Å²) in [5.41, 5.74) is 0. The first kappa shape index (κ1) is 23.3. The summed E-state index contributed by atoms with van der Waals surface area (Å²) in [4.78, 5) is 26.8. The molecule has 0 spiro atoms. The van der Waals surface area contributed by atoms with E-state index in [1.807, 2.05) is 0 Å².